The third-order valence-corrected chi connectivity index (χ3v) is 4.26. The Bertz CT molecular complexity index is 786. The monoisotopic (exact) mass is 310 g/mol. The molecule has 0 aliphatic carbocycles. The van der Waals surface area contributed by atoms with Crippen LogP contribution >= 0.6 is 11.3 Å². The van der Waals surface area contributed by atoms with E-state index in [0.717, 1.165) is 34.4 Å². The minimum atomic E-state index is 0.291. The van der Waals surface area contributed by atoms with Gasteiger partial charge in [-0.1, -0.05) is 30.3 Å². The summed E-state index contributed by atoms with van der Waals surface area (Å²) in [6.07, 6.45) is 0. The molecule has 1 aromatic heterocycles. The Labute approximate surface area is 132 Å². The molecule has 3 aromatic rings. The number of hydrogen-bond acceptors (Lipinski definition) is 5. The van der Waals surface area contributed by atoms with Crippen LogP contribution in [0, 0.1) is 0 Å². The van der Waals surface area contributed by atoms with Crippen molar-refractivity contribution in [2.45, 2.75) is 6.54 Å². The van der Waals surface area contributed by atoms with Gasteiger partial charge >= 0.3 is 0 Å². The molecule has 1 N–H and O–H groups in total. The lowest BCUT2D eigenvalue weighted by atomic mass is 10.1. The molecular weight excluding hydrogens is 296 g/mol. The number of nitrogens with one attached hydrogen (secondary N) is 1. The minimum Gasteiger partial charge on any atom is -0.454 e. The second kappa shape index (κ2) is 5.69. The number of hydrogen-bond donors (Lipinski definition) is 1. The molecule has 0 saturated carbocycles. The van der Waals surface area contributed by atoms with Gasteiger partial charge in [-0.25, -0.2) is 4.98 Å². The van der Waals surface area contributed by atoms with Crippen molar-refractivity contribution in [1.82, 2.24) is 4.98 Å². The zero-order chi connectivity index (χ0) is 14.8. The minimum absolute atomic E-state index is 0.291. The maximum Gasteiger partial charge on any atom is 0.231 e. The first-order valence-corrected chi connectivity index (χ1v) is 7.90. The molecule has 2 heterocycles. The summed E-state index contributed by atoms with van der Waals surface area (Å²) in [5.74, 6) is 1.57. The molecule has 0 atom stereocenters. The molecule has 0 fully saturated rings. The van der Waals surface area contributed by atoms with Crippen molar-refractivity contribution in [1.29, 1.82) is 0 Å². The van der Waals surface area contributed by atoms with Gasteiger partial charge in [0.05, 0.1) is 5.69 Å². The quantitative estimate of drug-likeness (QED) is 0.786. The van der Waals surface area contributed by atoms with E-state index < -0.39 is 0 Å². The molecule has 2 aromatic carbocycles. The van der Waals surface area contributed by atoms with Gasteiger partial charge in [0.25, 0.3) is 0 Å². The molecular formula is C17H14N2O2S. The fourth-order valence-electron chi connectivity index (χ4n) is 2.32. The van der Waals surface area contributed by atoms with Gasteiger partial charge in [0, 0.05) is 17.5 Å². The Morgan fingerprint density at radius 2 is 1.91 bits per heavy atom. The van der Waals surface area contributed by atoms with Crippen LogP contribution in [0.25, 0.3) is 11.3 Å². The van der Waals surface area contributed by atoms with E-state index in [9.17, 15) is 0 Å². The van der Waals surface area contributed by atoms with Crippen molar-refractivity contribution < 1.29 is 9.47 Å². The first-order chi connectivity index (χ1) is 10.9. The summed E-state index contributed by atoms with van der Waals surface area (Å²) in [5, 5.41) is 6.31. The summed E-state index contributed by atoms with van der Waals surface area (Å²) >= 11 is 1.60. The predicted octanol–water partition coefficient (Wildman–Crippen LogP) is 4.15. The first-order valence-electron chi connectivity index (χ1n) is 7.02. The molecule has 4 rings (SSSR count). The highest BCUT2D eigenvalue weighted by Crippen LogP contribution is 2.36. The van der Waals surface area contributed by atoms with Gasteiger partial charge in [0.2, 0.25) is 6.79 Å². The lowest BCUT2D eigenvalue weighted by molar-refractivity contribution is 0.174. The van der Waals surface area contributed by atoms with E-state index in [2.05, 4.69) is 22.4 Å². The number of aromatic nitrogens is 1. The topological polar surface area (TPSA) is 43.4 Å². The number of nitrogens with zero attached hydrogens (tertiary/aromatic N) is 1. The Hall–Kier alpha value is -2.53. The molecule has 110 valence electrons. The maximum atomic E-state index is 5.41. The second-order valence-electron chi connectivity index (χ2n) is 4.95. The standard InChI is InChI=1S/C17H14N2O2S/c1-2-4-12(5-3-1)9-18-17-19-14(10-22-17)13-6-7-15-16(8-13)21-11-20-15/h1-8,10H,9,11H2,(H,18,19). The van der Waals surface area contributed by atoms with E-state index in [-0.39, 0.29) is 0 Å². The number of benzene rings is 2. The van der Waals surface area contributed by atoms with Crippen LogP contribution in [0.3, 0.4) is 0 Å². The summed E-state index contributed by atoms with van der Waals surface area (Å²) in [4.78, 5) is 4.63. The SMILES string of the molecule is c1ccc(CNc2nc(-c3ccc4c(c3)OCO4)cs2)cc1. The molecule has 0 unspecified atom stereocenters. The van der Waals surface area contributed by atoms with Crippen LogP contribution in [-0.2, 0) is 6.54 Å². The van der Waals surface area contributed by atoms with Crippen molar-refractivity contribution in [2.24, 2.45) is 0 Å². The average molecular weight is 310 g/mol. The fraction of sp³-hybridized carbons (Fsp3) is 0.118. The lowest BCUT2D eigenvalue weighted by Gasteiger charge is -2.02. The van der Waals surface area contributed by atoms with Gasteiger partial charge in [-0.2, -0.15) is 0 Å². The third kappa shape index (κ3) is 2.63. The predicted molar refractivity (Wildman–Crippen MR) is 87.4 cm³/mol. The fourth-order valence-corrected chi connectivity index (χ4v) is 3.04. The highest BCUT2D eigenvalue weighted by atomic mass is 32.1. The number of rotatable bonds is 4. The van der Waals surface area contributed by atoms with E-state index in [1.807, 2.05) is 41.8 Å². The number of fused-ring (bicyclic) bond motifs is 1. The average Bonchev–Trinajstić information content (AvgIpc) is 3.22. The van der Waals surface area contributed by atoms with Crippen molar-refractivity contribution in [3.63, 3.8) is 0 Å². The molecule has 4 nitrogen and oxygen atoms in total. The third-order valence-electron chi connectivity index (χ3n) is 3.46. The van der Waals surface area contributed by atoms with Gasteiger partial charge in [0.15, 0.2) is 16.6 Å². The summed E-state index contributed by atoms with van der Waals surface area (Å²) < 4.78 is 10.7. The van der Waals surface area contributed by atoms with Crippen LogP contribution < -0.4 is 14.8 Å². The molecule has 5 heteroatoms. The summed E-state index contributed by atoms with van der Waals surface area (Å²) in [5.41, 5.74) is 3.22. The lowest BCUT2D eigenvalue weighted by Crippen LogP contribution is -1.98. The molecule has 0 spiro atoms. The zero-order valence-corrected chi connectivity index (χ0v) is 12.6. The molecule has 1 aliphatic rings. The van der Waals surface area contributed by atoms with Gasteiger partial charge < -0.3 is 14.8 Å². The summed E-state index contributed by atoms with van der Waals surface area (Å²) in [7, 11) is 0. The van der Waals surface area contributed by atoms with Crippen molar-refractivity contribution in [3.05, 3.63) is 59.5 Å². The van der Waals surface area contributed by atoms with Crippen LogP contribution in [0.5, 0.6) is 11.5 Å². The largest absolute Gasteiger partial charge is 0.454 e. The molecule has 0 radical (unpaired) electrons. The Balaban J connectivity index is 1.49. The van der Waals surface area contributed by atoms with Gasteiger partial charge in [0.1, 0.15) is 0 Å². The number of anilines is 1. The van der Waals surface area contributed by atoms with Crippen LogP contribution in [0.2, 0.25) is 0 Å². The summed E-state index contributed by atoms with van der Waals surface area (Å²) in [6, 6.07) is 16.2. The van der Waals surface area contributed by atoms with Crippen molar-refractivity contribution in [3.8, 4) is 22.8 Å². The molecule has 0 bridgehead atoms. The van der Waals surface area contributed by atoms with Gasteiger partial charge in [-0.3, -0.25) is 0 Å². The van der Waals surface area contributed by atoms with Crippen molar-refractivity contribution >= 4 is 16.5 Å². The Morgan fingerprint density at radius 3 is 2.82 bits per heavy atom. The number of ether oxygens (including phenoxy) is 2. The van der Waals surface area contributed by atoms with Crippen molar-refractivity contribution in [2.75, 3.05) is 12.1 Å². The smallest absolute Gasteiger partial charge is 0.231 e. The van der Waals surface area contributed by atoms with E-state index in [0.29, 0.717) is 6.79 Å². The molecule has 0 amide bonds. The number of thiazole rings is 1. The highest BCUT2D eigenvalue weighted by Gasteiger charge is 2.15. The van der Waals surface area contributed by atoms with Crippen LogP contribution in [0.15, 0.2) is 53.9 Å². The second-order valence-corrected chi connectivity index (χ2v) is 5.80. The maximum absolute atomic E-state index is 5.41. The molecule has 0 saturated heterocycles. The van der Waals surface area contributed by atoms with Gasteiger partial charge in [-0.05, 0) is 23.8 Å². The molecule has 22 heavy (non-hydrogen) atoms. The van der Waals surface area contributed by atoms with E-state index in [4.69, 9.17) is 9.47 Å². The van der Waals surface area contributed by atoms with E-state index in [1.54, 1.807) is 11.3 Å². The van der Waals surface area contributed by atoms with Crippen LogP contribution in [0.1, 0.15) is 5.56 Å². The Kier molecular flexibility index (Phi) is 3.40. The zero-order valence-electron chi connectivity index (χ0n) is 11.8. The molecule has 1 aliphatic heterocycles. The van der Waals surface area contributed by atoms with Crippen LogP contribution in [0.4, 0.5) is 5.13 Å². The van der Waals surface area contributed by atoms with E-state index >= 15 is 0 Å². The Morgan fingerprint density at radius 1 is 1.05 bits per heavy atom. The first kappa shape index (κ1) is 13.2. The summed E-state index contributed by atoms with van der Waals surface area (Å²) in [6.45, 7) is 1.06. The van der Waals surface area contributed by atoms with Crippen LogP contribution in [-0.4, -0.2) is 11.8 Å². The van der Waals surface area contributed by atoms with Gasteiger partial charge in [-0.15, -0.1) is 11.3 Å². The highest BCUT2D eigenvalue weighted by molar-refractivity contribution is 7.14. The normalized spacial score (nSPS) is 12.4. The van der Waals surface area contributed by atoms with E-state index in [1.165, 1.54) is 5.56 Å².